The predicted octanol–water partition coefficient (Wildman–Crippen LogP) is 13.8. The van der Waals surface area contributed by atoms with Crippen LogP contribution in [0.25, 0.3) is 88.1 Å². The van der Waals surface area contributed by atoms with Crippen molar-refractivity contribution in [3.8, 4) is 27.9 Å². The number of allylic oxidation sites excluding steroid dienone is 1. The van der Waals surface area contributed by atoms with Gasteiger partial charge in [0.25, 0.3) is 0 Å². The van der Waals surface area contributed by atoms with Crippen LogP contribution in [0.2, 0.25) is 0 Å². The normalized spacial score (nSPS) is 11.8. The minimum absolute atomic E-state index is 0.853. The molecule has 0 aliphatic rings. The van der Waals surface area contributed by atoms with E-state index in [-0.39, 0.29) is 0 Å². The predicted molar refractivity (Wildman–Crippen MR) is 223 cm³/mol. The number of benzene rings is 9. The molecule has 0 saturated heterocycles. The number of rotatable bonds is 6. The molecule has 244 valence electrons. The molecule has 0 spiro atoms. The average molecular weight is 662 g/mol. The monoisotopic (exact) mass is 661 g/mol. The molecule has 0 aliphatic carbocycles. The van der Waals surface area contributed by atoms with Crippen LogP contribution in [0, 0.1) is 0 Å². The zero-order valence-corrected chi connectivity index (χ0v) is 28.7. The number of para-hydroxylation sites is 2. The van der Waals surface area contributed by atoms with Crippen molar-refractivity contribution in [2.75, 3.05) is 0 Å². The van der Waals surface area contributed by atoms with E-state index in [1.165, 1.54) is 93.2 Å². The highest BCUT2D eigenvalue weighted by atomic mass is 15.0. The van der Waals surface area contributed by atoms with E-state index in [4.69, 9.17) is 0 Å². The first kappa shape index (κ1) is 30.2. The summed E-state index contributed by atoms with van der Waals surface area (Å²) >= 11 is 0. The molecule has 1 aromatic heterocycles. The summed E-state index contributed by atoms with van der Waals surface area (Å²) in [6.07, 6.45) is 5.53. The summed E-state index contributed by atoms with van der Waals surface area (Å²) in [6.45, 7) is 0. The number of aromatic nitrogens is 1. The van der Waals surface area contributed by atoms with Gasteiger partial charge in [-0.15, -0.1) is 0 Å². The van der Waals surface area contributed by atoms with Gasteiger partial charge in [-0.1, -0.05) is 176 Å². The number of hydrogen-bond acceptors (Lipinski definition) is 0. The lowest BCUT2D eigenvalue weighted by Gasteiger charge is -2.17. The zero-order chi connectivity index (χ0) is 34.4. The van der Waals surface area contributed by atoms with Crippen molar-refractivity contribution in [3.63, 3.8) is 0 Å². The third-order valence-corrected chi connectivity index (χ3v) is 10.6. The van der Waals surface area contributed by atoms with Crippen LogP contribution in [-0.2, 0) is 6.42 Å². The fourth-order valence-corrected chi connectivity index (χ4v) is 8.22. The third kappa shape index (κ3) is 5.01. The Balaban J connectivity index is 1.02. The summed E-state index contributed by atoms with van der Waals surface area (Å²) in [5, 5.41) is 10.3. The maximum atomic E-state index is 2.38. The minimum atomic E-state index is 0.853. The summed E-state index contributed by atoms with van der Waals surface area (Å²) in [4.78, 5) is 0. The van der Waals surface area contributed by atoms with Gasteiger partial charge in [0.05, 0.1) is 11.0 Å². The molecule has 0 bridgehead atoms. The van der Waals surface area contributed by atoms with Crippen LogP contribution in [0.3, 0.4) is 0 Å². The lowest BCUT2D eigenvalue weighted by Crippen LogP contribution is -1.93. The molecule has 0 amide bonds. The van der Waals surface area contributed by atoms with Gasteiger partial charge < -0.3 is 4.57 Å². The van der Waals surface area contributed by atoms with Crippen LogP contribution in [0.15, 0.2) is 194 Å². The van der Waals surface area contributed by atoms with Crippen LogP contribution in [0.1, 0.15) is 11.1 Å². The van der Waals surface area contributed by atoms with E-state index in [1.807, 2.05) is 0 Å². The van der Waals surface area contributed by atoms with E-state index in [1.54, 1.807) is 0 Å². The molecule has 0 unspecified atom stereocenters. The maximum Gasteiger partial charge on any atom is 0.0547 e. The first-order chi connectivity index (χ1) is 25.8. The molecule has 0 fully saturated rings. The fourth-order valence-electron chi connectivity index (χ4n) is 8.22. The van der Waals surface area contributed by atoms with E-state index in [2.05, 4.69) is 205 Å². The molecule has 1 heterocycles. The van der Waals surface area contributed by atoms with E-state index < -0.39 is 0 Å². The van der Waals surface area contributed by atoms with Crippen LogP contribution in [-0.4, -0.2) is 4.57 Å². The van der Waals surface area contributed by atoms with Crippen LogP contribution in [0.4, 0.5) is 0 Å². The summed E-state index contributed by atoms with van der Waals surface area (Å²) in [5.74, 6) is 0. The molecule has 9 aromatic carbocycles. The van der Waals surface area contributed by atoms with E-state index in [0.29, 0.717) is 0 Å². The van der Waals surface area contributed by atoms with Gasteiger partial charge in [-0.3, -0.25) is 0 Å². The molecule has 10 rings (SSSR count). The molecule has 52 heavy (non-hydrogen) atoms. The molecule has 0 aliphatic heterocycles. The second-order valence-corrected chi connectivity index (χ2v) is 13.6. The molecule has 0 N–H and O–H groups in total. The minimum Gasteiger partial charge on any atom is -0.309 e. The third-order valence-electron chi connectivity index (χ3n) is 10.6. The molecule has 1 nitrogen and oxygen atoms in total. The van der Waals surface area contributed by atoms with Gasteiger partial charge in [0, 0.05) is 16.5 Å². The highest BCUT2D eigenvalue weighted by molar-refractivity contribution is 6.25. The highest BCUT2D eigenvalue weighted by Crippen LogP contribution is 2.43. The van der Waals surface area contributed by atoms with Crippen molar-refractivity contribution in [3.05, 3.63) is 205 Å². The second kappa shape index (κ2) is 12.6. The number of nitrogens with zero attached hydrogens (tertiary/aromatic N) is 1. The summed E-state index contributed by atoms with van der Waals surface area (Å²) < 4.78 is 2.38. The van der Waals surface area contributed by atoms with E-state index in [0.717, 1.165) is 6.42 Å². The number of fused-ring (bicyclic) bond motifs is 7. The van der Waals surface area contributed by atoms with Crippen molar-refractivity contribution in [1.82, 2.24) is 4.57 Å². The highest BCUT2D eigenvalue weighted by Gasteiger charge is 2.17. The Morgan fingerprint density at radius 3 is 1.83 bits per heavy atom. The Hall–Kier alpha value is -6.70. The van der Waals surface area contributed by atoms with Crippen LogP contribution >= 0.6 is 0 Å². The van der Waals surface area contributed by atoms with Gasteiger partial charge in [-0.05, 0) is 96.4 Å². The smallest absolute Gasteiger partial charge is 0.0547 e. The fraction of sp³-hybridized carbons (Fsp3) is 0.0196. The van der Waals surface area contributed by atoms with E-state index in [9.17, 15) is 0 Å². The summed E-state index contributed by atoms with van der Waals surface area (Å²) in [7, 11) is 0. The van der Waals surface area contributed by atoms with Crippen LogP contribution < -0.4 is 0 Å². The van der Waals surface area contributed by atoms with Gasteiger partial charge >= 0.3 is 0 Å². The van der Waals surface area contributed by atoms with Gasteiger partial charge in [-0.25, -0.2) is 0 Å². The Morgan fingerprint density at radius 2 is 1.02 bits per heavy atom. The quantitative estimate of drug-likeness (QED) is 0.123. The SMILES string of the molecule is C(=C\c1c2ccccc2c(-c2ccccc2)c2c1ccc1ccccc12)/Cc1ccc(-c2ccc3c4ccccc4n(-c4ccccc4)c3c2)cc1. The number of hydrogen-bond donors (Lipinski definition) is 0. The zero-order valence-electron chi connectivity index (χ0n) is 28.7. The Morgan fingerprint density at radius 1 is 0.404 bits per heavy atom. The molecule has 0 radical (unpaired) electrons. The van der Waals surface area contributed by atoms with Gasteiger partial charge in [0.1, 0.15) is 0 Å². The van der Waals surface area contributed by atoms with Gasteiger partial charge in [-0.2, -0.15) is 0 Å². The molecule has 10 aromatic rings. The van der Waals surface area contributed by atoms with Gasteiger partial charge in [0.15, 0.2) is 0 Å². The molecular formula is C51H35N. The van der Waals surface area contributed by atoms with Crippen molar-refractivity contribution >= 4 is 60.2 Å². The Kier molecular flexibility index (Phi) is 7.29. The first-order valence-electron chi connectivity index (χ1n) is 18.1. The molecule has 0 atom stereocenters. The Labute approximate surface area is 303 Å². The van der Waals surface area contributed by atoms with Gasteiger partial charge in [0.2, 0.25) is 0 Å². The lowest BCUT2D eigenvalue weighted by molar-refractivity contribution is 1.18. The second-order valence-electron chi connectivity index (χ2n) is 13.6. The Bertz CT molecular complexity index is 2950. The molecule has 0 saturated carbocycles. The largest absolute Gasteiger partial charge is 0.309 e. The standard InChI is InChI=1S/C51H35N/c1-3-16-38(17-4-1)50-46-23-10-9-21-42(46)43(47-33-30-37-15-7-8-20-41(37)51(47)50)24-13-14-35-26-28-36(29-27-35)39-31-32-45-44-22-11-12-25-48(44)52(49(45)34-39)40-18-5-2-6-19-40/h1-13,15-34H,14H2/b24-13+. The van der Waals surface area contributed by atoms with Crippen molar-refractivity contribution in [1.29, 1.82) is 0 Å². The average Bonchev–Trinajstić information content (AvgIpc) is 3.55. The van der Waals surface area contributed by atoms with Crippen molar-refractivity contribution in [2.24, 2.45) is 0 Å². The summed E-state index contributed by atoms with van der Waals surface area (Å²) in [6, 6.07) is 68.5. The van der Waals surface area contributed by atoms with E-state index >= 15 is 0 Å². The molecular weight excluding hydrogens is 627 g/mol. The first-order valence-corrected chi connectivity index (χ1v) is 18.1. The maximum absolute atomic E-state index is 2.38. The topological polar surface area (TPSA) is 4.93 Å². The summed E-state index contributed by atoms with van der Waals surface area (Å²) in [5.41, 5.74) is 11.2. The lowest BCUT2D eigenvalue weighted by atomic mass is 9.86. The van der Waals surface area contributed by atoms with Crippen molar-refractivity contribution < 1.29 is 0 Å². The van der Waals surface area contributed by atoms with Crippen LogP contribution in [0.5, 0.6) is 0 Å². The van der Waals surface area contributed by atoms with Crippen molar-refractivity contribution in [2.45, 2.75) is 6.42 Å². The molecule has 1 heteroatoms.